The molecule has 6 heteroatoms. The first-order valence-corrected chi connectivity index (χ1v) is 7.10. The van der Waals surface area contributed by atoms with Gasteiger partial charge >= 0.3 is 0 Å². The topological polar surface area (TPSA) is 36.4 Å². The molecule has 0 spiro atoms. The molecule has 2 aliphatic rings. The van der Waals surface area contributed by atoms with Crippen LogP contribution in [0.3, 0.4) is 0 Å². The molecule has 3 rings (SSSR count). The molecule has 1 aliphatic carbocycles. The minimum atomic E-state index is -0.347. The Morgan fingerprint density at radius 1 is 1.35 bits per heavy atom. The Morgan fingerprint density at radius 3 is 2.80 bits per heavy atom. The summed E-state index contributed by atoms with van der Waals surface area (Å²) in [6.45, 7) is 1.90. The summed E-state index contributed by atoms with van der Waals surface area (Å²) < 4.78 is 13.1. The van der Waals surface area contributed by atoms with Gasteiger partial charge in [0.1, 0.15) is 5.82 Å². The van der Waals surface area contributed by atoms with E-state index in [4.69, 9.17) is 11.6 Å². The highest BCUT2D eigenvalue weighted by molar-refractivity contribution is 14.0. The summed E-state index contributed by atoms with van der Waals surface area (Å²) in [6.07, 6.45) is 3.19. The number of aliphatic imine (C=N–C) groups is 1. The number of nitrogens with one attached hydrogen (secondary N) is 2. The van der Waals surface area contributed by atoms with Crippen LogP contribution >= 0.6 is 35.6 Å². The van der Waals surface area contributed by atoms with Crippen molar-refractivity contribution in [1.29, 1.82) is 0 Å². The predicted molar refractivity (Wildman–Crippen MR) is 90.6 cm³/mol. The molecule has 1 fully saturated rings. The van der Waals surface area contributed by atoms with Crippen molar-refractivity contribution >= 4 is 41.5 Å². The summed E-state index contributed by atoms with van der Waals surface area (Å²) in [7, 11) is 0. The van der Waals surface area contributed by atoms with Crippen LogP contribution < -0.4 is 10.6 Å². The minimum Gasteiger partial charge on any atom is -0.356 e. The van der Waals surface area contributed by atoms with Crippen molar-refractivity contribution in [3.63, 3.8) is 0 Å². The van der Waals surface area contributed by atoms with Crippen molar-refractivity contribution in [2.24, 2.45) is 4.99 Å². The number of guanidine groups is 1. The SMILES string of the molecule is Fc1ccc(C2CC(NC3=NCCCN3)C2)cc1Cl.I. The van der Waals surface area contributed by atoms with E-state index in [2.05, 4.69) is 15.6 Å². The summed E-state index contributed by atoms with van der Waals surface area (Å²) in [4.78, 5) is 4.40. The maximum atomic E-state index is 13.1. The lowest BCUT2D eigenvalue weighted by Gasteiger charge is -2.37. The average Bonchev–Trinajstić information content (AvgIpc) is 2.38. The molecule has 1 aromatic carbocycles. The Kier molecular flexibility index (Phi) is 5.49. The fourth-order valence-electron chi connectivity index (χ4n) is 2.60. The fourth-order valence-corrected chi connectivity index (χ4v) is 2.79. The standard InChI is InChI=1S/C14H17ClFN3.HI/c15-12-8-9(2-3-13(12)16)10-6-11(7-10)19-14-17-4-1-5-18-14;/h2-3,8,10-11H,1,4-7H2,(H2,17,18,19);1H. The molecule has 0 aromatic heterocycles. The monoisotopic (exact) mass is 409 g/mol. The zero-order valence-electron chi connectivity index (χ0n) is 11.0. The second-order valence-corrected chi connectivity index (χ2v) is 5.60. The lowest BCUT2D eigenvalue weighted by Crippen LogP contribution is -2.50. The van der Waals surface area contributed by atoms with Crippen molar-refractivity contribution in [2.75, 3.05) is 13.1 Å². The third kappa shape index (κ3) is 3.55. The van der Waals surface area contributed by atoms with Gasteiger partial charge in [-0.2, -0.15) is 0 Å². The third-order valence-corrected chi connectivity index (χ3v) is 4.08. The molecule has 0 unspecified atom stereocenters. The zero-order chi connectivity index (χ0) is 13.2. The van der Waals surface area contributed by atoms with Crippen molar-refractivity contribution in [3.8, 4) is 0 Å². The van der Waals surface area contributed by atoms with Gasteiger partial charge in [0.2, 0.25) is 0 Å². The second-order valence-electron chi connectivity index (χ2n) is 5.19. The number of hydrogen-bond donors (Lipinski definition) is 2. The fraction of sp³-hybridized carbons (Fsp3) is 0.500. The van der Waals surface area contributed by atoms with Crippen LogP contribution in [0.15, 0.2) is 23.2 Å². The highest BCUT2D eigenvalue weighted by Crippen LogP contribution is 2.38. The molecule has 3 nitrogen and oxygen atoms in total. The van der Waals surface area contributed by atoms with E-state index in [0.29, 0.717) is 12.0 Å². The Labute approximate surface area is 140 Å². The normalized spacial score (nSPS) is 24.8. The summed E-state index contributed by atoms with van der Waals surface area (Å²) in [5, 5.41) is 6.89. The van der Waals surface area contributed by atoms with Gasteiger partial charge in [-0.3, -0.25) is 4.99 Å². The quantitative estimate of drug-likeness (QED) is 0.736. The number of rotatable bonds is 2. The largest absolute Gasteiger partial charge is 0.356 e. The van der Waals surface area contributed by atoms with Crippen LogP contribution in [0.25, 0.3) is 0 Å². The van der Waals surface area contributed by atoms with Gasteiger partial charge in [0, 0.05) is 19.1 Å². The van der Waals surface area contributed by atoms with Gasteiger partial charge in [-0.25, -0.2) is 4.39 Å². The summed E-state index contributed by atoms with van der Waals surface area (Å²) >= 11 is 5.81. The predicted octanol–water partition coefficient (Wildman–Crippen LogP) is 3.28. The number of nitrogens with zero attached hydrogens (tertiary/aromatic N) is 1. The second kappa shape index (κ2) is 6.93. The van der Waals surface area contributed by atoms with E-state index in [1.54, 1.807) is 6.07 Å². The molecular formula is C14H18ClFIN3. The van der Waals surface area contributed by atoms with E-state index in [9.17, 15) is 4.39 Å². The molecule has 0 amide bonds. The van der Waals surface area contributed by atoms with Crippen molar-refractivity contribution in [1.82, 2.24) is 10.6 Å². The van der Waals surface area contributed by atoms with E-state index >= 15 is 0 Å². The summed E-state index contributed by atoms with van der Waals surface area (Å²) in [6, 6.07) is 5.48. The van der Waals surface area contributed by atoms with E-state index in [-0.39, 0.29) is 34.8 Å². The molecular weight excluding hydrogens is 392 g/mol. The lowest BCUT2D eigenvalue weighted by molar-refractivity contribution is 0.321. The third-order valence-electron chi connectivity index (χ3n) is 3.79. The molecule has 0 bridgehead atoms. The van der Waals surface area contributed by atoms with Crippen molar-refractivity contribution in [3.05, 3.63) is 34.6 Å². The van der Waals surface area contributed by atoms with Crippen LogP contribution in [0.5, 0.6) is 0 Å². The van der Waals surface area contributed by atoms with Crippen LogP contribution in [0, 0.1) is 5.82 Å². The molecule has 2 N–H and O–H groups in total. The first kappa shape index (κ1) is 15.8. The lowest BCUT2D eigenvalue weighted by atomic mass is 9.76. The van der Waals surface area contributed by atoms with Gasteiger partial charge in [-0.05, 0) is 42.9 Å². The number of benzene rings is 1. The van der Waals surface area contributed by atoms with E-state index in [1.165, 1.54) is 6.07 Å². The first-order valence-electron chi connectivity index (χ1n) is 6.72. The van der Waals surface area contributed by atoms with Gasteiger partial charge in [0.15, 0.2) is 5.96 Å². The molecule has 1 heterocycles. The van der Waals surface area contributed by atoms with Crippen LogP contribution in [0.4, 0.5) is 4.39 Å². The average molecular weight is 410 g/mol. The molecule has 110 valence electrons. The molecule has 0 radical (unpaired) electrons. The molecule has 0 atom stereocenters. The zero-order valence-corrected chi connectivity index (χ0v) is 14.1. The van der Waals surface area contributed by atoms with Crippen LogP contribution in [-0.4, -0.2) is 25.1 Å². The van der Waals surface area contributed by atoms with Gasteiger partial charge in [0.25, 0.3) is 0 Å². The van der Waals surface area contributed by atoms with Gasteiger partial charge in [0.05, 0.1) is 5.02 Å². The molecule has 1 saturated carbocycles. The highest BCUT2D eigenvalue weighted by atomic mass is 127. The maximum absolute atomic E-state index is 13.1. The Morgan fingerprint density at radius 2 is 2.15 bits per heavy atom. The molecule has 1 aromatic rings. The molecule has 1 aliphatic heterocycles. The van der Waals surface area contributed by atoms with E-state index in [1.807, 2.05) is 6.07 Å². The maximum Gasteiger partial charge on any atom is 0.191 e. The van der Waals surface area contributed by atoms with Crippen LogP contribution in [0.1, 0.15) is 30.7 Å². The molecule has 0 saturated heterocycles. The van der Waals surface area contributed by atoms with Gasteiger partial charge in [-0.1, -0.05) is 17.7 Å². The summed E-state index contributed by atoms with van der Waals surface area (Å²) in [5.41, 5.74) is 1.13. The van der Waals surface area contributed by atoms with Crippen LogP contribution in [-0.2, 0) is 0 Å². The van der Waals surface area contributed by atoms with Gasteiger partial charge in [-0.15, -0.1) is 24.0 Å². The van der Waals surface area contributed by atoms with E-state index in [0.717, 1.165) is 43.9 Å². The van der Waals surface area contributed by atoms with Gasteiger partial charge < -0.3 is 10.6 Å². The summed E-state index contributed by atoms with van der Waals surface area (Å²) in [5.74, 6) is 1.05. The Balaban J connectivity index is 0.00000147. The number of hydrogen-bond acceptors (Lipinski definition) is 3. The minimum absolute atomic E-state index is 0. The first-order chi connectivity index (χ1) is 9.22. The number of halogens is 3. The smallest absolute Gasteiger partial charge is 0.191 e. The Bertz CT molecular complexity index is 503. The Hall–Kier alpha value is -0.560. The highest BCUT2D eigenvalue weighted by Gasteiger charge is 2.31. The van der Waals surface area contributed by atoms with Crippen molar-refractivity contribution < 1.29 is 4.39 Å². The van der Waals surface area contributed by atoms with Crippen molar-refractivity contribution in [2.45, 2.75) is 31.2 Å². The van der Waals surface area contributed by atoms with Crippen LogP contribution in [0.2, 0.25) is 5.02 Å². The van der Waals surface area contributed by atoms with E-state index < -0.39 is 0 Å². The molecule has 20 heavy (non-hydrogen) atoms.